The van der Waals surface area contributed by atoms with E-state index < -0.39 is 0 Å². The van der Waals surface area contributed by atoms with E-state index in [0.29, 0.717) is 0 Å². The third-order valence-electron chi connectivity index (χ3n) is 1.91. The molecule has 1 rings (SSSR count). The van der Waals surface area contributed by atoms with Crippen LogP contribution < -0.4 is 21.3 Å². The molecule has 0 atom stereocenters. The zero-order valence-corrected chi connectivity index (χ0v) is 8.88. The summed E-state index contributed by atoms with van der Waals surface area (Å²) in [6, 6.07) is 0. The van der Waals surface area contributed by atoms with E-state index in [1.54, 1.807) is 0 Å². The van der Waals surface area contributed by atoms with Gasteiger partial charge >= 0.3 is 0 Å². The van der Waals surface area contributed by atoms with Crippen LogP contribution in [0.3, 0.4) is 0 Å². The summed E-state index contributed by atoms with van der Waals surface area (Å²) in [6.07, 6.45) is 0. The van der Waals surface area contributed by atoms with Crippen molar-refractivity contribution in [3.63, 3.8) is 0 Å². The molecule has 0 saturated carbocycles. The zero-order valence-electron chi connectivity index (χ0n) is 8.07. The van der Waals surface area contributed by atoms with Gasteiger partial charge in [0.2, 0.25) is 0 Å². The standard InChI is InChI=1S/C8H20N4.ClH/c1-2-10-5-6-12-8-7-11-4-3-9-1;/h9-12H,1-8H2;1H. The molecule has 0 unspecified atom stereocenters. The second-order valence-electron chi connectivity index (χ2n) is 3.00. The highest BCUT2D eigenvalue weighted by Crippen LogP contribution is 1.65. The molecule has 0 amide bonds. The zero-order chi connectivity index (χ0) is 8.49. The molecular formula is C8H21ClN4. The molecule has 0 aromatic heterocycles. The number of rotatable bonds is 0. The lowest BCUT2D eigenvalue weighted by atomic mass is 10.4. The second kappa shape index (κ2) is 10.2. The average molecular weight is 209 g/mol. The maximum atomic E-state index is 3.36. The van der Waals surface area contributed by atoms with Crippen molar-refractivity contribution in [2.24, 2.45) is 0 Å². The van der Waals surface area contributed by atoms with Crippen molar-refractivity contribution in [2.75, 3.05) is 52.4 Å². The Morgan fingerprint density at radius 1 is 0.385 bits per heavy atom. The molecule has 0 aromatic carbocycles. The van der Waals surface area contributed by atoms with E-state index in [2.05, 4.69) is 21.3 Å². The molecule has 80 valence electrons. The Morgan fingerprint density at radius 3 is 0.692 bits per heavy atom. The van der Waals surface area contributed by atoms with Crippen molar-refractivity contribution in [1.82, 2.24) is 21.3 Å². The van der Waals surface area contributed by atoms with Gasteiger partial charge in [-0.3, -0.25) is 0 Å². The molecule has 0 radical (unpaired) electrons. The quantitative estimate of drug-likeness (QED) is 0.403. The van der Waals surface area contributed by atoms with Crippen LogP contribution in [0.15, 0.2) is 0 Å². The summed E-state index contributed by atoms with van der Waals surface area (Å²) >= 11 is 0. The molecule has 13 heavy (non-hydrogen) atoms. The van der Waals surface area contributed by atoms with Crippen LogP contribution in [-0.4, -0.2) is 52.4 Å². The summed E-state index contributed by atoms with van der Waals surface area (Å²) in [5, 5.41) is 13.4. The summed E-state index contributed by atoms with van der Waals surface area (Å²) in [5.74, 6) is 0. The molecule has 1 saturated heterocycles. The maximum absolute atomic E-state index is 3.36. The fourth-order valence-electron chi connectivity index (χ4n) is 1.21. The first-order chi connectivity index (χ1) is 6.00. The van der Waals surface area contributed by atoms with Gasteiger partial charge in [-0.2, -0.15) is 0 Å². The normalized spacial score (nSPS) is 22.2. The van der Waals surface area contributed by atoms with Crippen LogP contribution in [0.2, 0.25) is 0 Å². The van der Waals surface area contributed by atoms with Gasteiger partial charge in [-0.15, -0.1) is 12.4 Å². The van der Waals surface area contributed by atoms with Crippen LogP contribution in [0.5, 0.6) is 0 Å². The van der Waals surface area contributed by atoms with Crippen LogP contribution in [0.1, 0.15) is 0 Å². The first-order valence-corrected chi connectivity index (χ1v) is 4.83. The van der Waals surface area contributed by atoms with Crippen LogP contribution in [-0.2, 0) is 0 Å². The number of halogens is 1. The molecule has 1 fully saturated rings. The van der Waals surface area contributed by atoms with Crippen molar-refractivity contribution >= 4 is 12.4 Å². The molecule has 1 heterocycles. The van der Waals surface area contributed by atoms with Gasteiger partial charge in [0.05, 0.1) is 0 Å². The predicted molar refractivity (Wildman–Crippen MR) is 58.7 cm³/mol. The molecule has 5 heteroatoms. The number of hydrogen-bond donors (Lipinski definition) is 4. The third kappa shape index (κ3) is 8.46. The molecule has 1 aliphatic heterocycles. The Labute approximate surface area is 86.6 Å². The Kier molecular flexibility index (Phi) is 10.3. The highest BCUT2D eigenvalue weighted by Gasteiger charge is 1.92. The maximum Gasteiger partial charge on any atom is 0.00772 e. The summed E-state index contributed by atoms with van der Waals surface area (Å²) in [6.45, 7) is 8.57. The molecule has 1 aliphatic rings. The Balaban J connectivity index is 0.00000144. The van der Waals surface area contributed by atoms with Crippen molar-refractivity contribution in [2.45, 2.75) is 0 Å². The van der Waals surface area contributed by atoms with E-state index in [9.17, 15) is 0 Å². The summed E-state index contributed by atoms with van der Waals surface area (Å²) < 4.78 is 0. The number of hydrogen-bond acceptors (Lipinski definition) is 4. The van der Waals surface area contributed by atoms with E-state index in [-0.39, 0.29) is 12.4 Å². The van der Waals surface area contributed by atoms with Crippen LogP contribution in [0.4, 0.5) is 0 Å². The van der Waals surface area contributed by atoms with Crippen LogP contribution in [0, 0.1) is 0 Å². The van der Waals surface area contributed by atoms with Crippen LogP contribution >= 0.6 is 12.4 Å². The molecule has 0 spiro atoms. The Bertz CT molecular complexity index is 59.1. The molecule has 0 aliphatic carbocycles. The van der Waals surface area contributed by atoms with Crippen molar-refractivity contribution in [1.29, 1.82) is 0 Å². The van der Waals surface area contributed by atoms with Crippen molar-refractivity contribution in [3.8, 4) is 0 Å². The van der Waals surface area contributed by atoms with E-state index in [4.69, 9.17) is 0 Å². The van der Waals surface area contributed by atoms with E-state index in [1.807, 2.05) is 0 Å². The van der Waals surface area contributed by atoms with E-state index >= 15 is 0 Å². The molecule has 0 bridgehead atoms. The Morgan fingerprint density at radius 2 is 0.538 bits per heavy atom. The third-order valence-corrected chi connectivity index (χ3v) is 1.91. The lowest BCUT2D eigenvalue weighted by Crippen LogP contribution is -2.39. The SMILES string of the molecule is C1CNCCNCCNCCN1.Cl. The topological polar surface area (TPSA) is 48.1 Å². The lowest BCUT2D eigenvalue weighted by Gasteiger charge is -2.11. The van der Waals surface area contributed by atoms with E-state index in [1.165, 1.54) is 0 Å². The summed E-state index contributed by atoms with van der Waals surface area (Å²) in [4.78, 5) is 0. The minimum atomic E-state index is 0. The van der Waals surface area contributed by atoms with Crippen molar-refractivity contribution in [3.05, 3.63) is 0 Å². The highest BCUT2D eigenvalue weighted by molar-refractivity contribution is 5.85. The first kappa shape index (κ1) is 13.1. The summed E-state index contributed by atoms with van der Waals surface area (Å²) in [7, 11) is 0. The van der Waals surface area contributed by atoms with Gasteiger partial charge in [0.1, 0.15) is 0 Å². The fraction of sp³-hybridized carbons (Fsp3) is 1.00. The lowest BCUT2D eigenvalue weighted by molar-refractivity contribution is 0.534. The van der Waals surface area contributed by atoms with Gasteiger partial charge in [-0.1, -0.05) is 0 Å². The number of nitrogens with one attached hydrogen (secondary N) is 4. The van der Waals surface area contributed by atoms with Crippen LogP contribution in [0.25, 0.3) is 0 Å². The largest absolute Gasteiger partial charge is 0.314 e. The second-order valence-corrected chi connectivity index (χ2v) is 3.00. The van der Waals surface area contributed by atoms with Gasteiger partial charge in [-0.05, 0) is 0 Å². The van der Waals surface area contributed by atoms with Crippen molar-refractivity contribution < 1.29 is 0 Å². The minimum Gasteiger partial charge on any atom is -0.314 e. The molecule has 4 N–H and O–H groups in total. The highest BCUT2D eigenvalue weighted by atomic mass is 35.5. The first-order valence-electron chi connectivity index (χ1n) is 4.83. The average Bonchev–Trinajstić information content (AvgIpc) is 2.05. The van der Waals surface area contributed by atoms with Gasteiger partial charge in [0.15, 0.2) is 0 Å². The predicted octanol–water partition coefficient (Wildman–Crippen LogP) is -1.22. The fourth-order valence-corrected chi connectivity index (χ4v) is 1.21. The van der Waals surface area contributed by atoms with Gasteiger partial charge < -0.3 is 21.3 Å². The monoisotopic (exact) mass is 208 g/mol. The summed E-state index contributed by atoms with van der Waals surface area (Å²) in [5.41, 5.74) is 0. The van der Waals surface area contributed by atoms with Gasteiger partial charge in [0, 0.05) is 52.4 Å². The molecule has 0 aromatic rings. The van der Waals surface area contributed by atoms with E-state index in [0.717, 1.165) is 52.4 Å². The minimum absolute atomic E-state index is 0. The Hall–Kier alpha value is 0.130. The molecular weight excluding hydrogens is 188 g/mol. The smallest absolute Gasteiger partial charge is 0.00772 e. The van der Waals surface area contributed by atoms with Gasteiger partial charge in [0.25, 0.3) is 0 Å². The van der Waals surface area contributed by atoms with Gasteiger partial charge in [-0.25, -0.2) is 0 Å². The molecule has 4 nitrogen and oxygen atoms in total.